The number of halogens is 1. The van der Waals surface area contributed by atoms with Crippen LogP contribution < -0.4 is 10.6 Å². The molecule has 0 aliphatic rings. The van der Waals surface area contributed by atoms with Gasteiger partial charge in [-0.15, -0.1) is 0 Å². The van der Waals surface area contributed by atoms with Crippen LogP contribution in [-0.2, 0) is 20.9 Å². The van der Waals surface area contributed by atoms with Crippen molar-refractivity contribution in [2.24, 2.45) is 0 Å². The van der Waals surface area contributed by atoms with Crippen LogP contribution in [-0.4, -0.2) is 41.4 Å². The lowest BCUT2D eigenvalue weighted by Gasteiger charge is -2.22. The average molecular weight is 415 g/mol. The Labute approximate surface area is 169 Å². The second-order valence-electron chi connectivity index (χ2n) is 7.13. The van der Waals surface area contributed by atoms with Gasteiger partial charge in [-0.2, -0.15) is 0 Å². The van der Waals surface area contributed by atoms with E-state index in [0.717, 1.165) is 0 Å². The molecule has 156 valence electrons. The molecule has 1 rings (SSSR count). The number of carboxylic acid groups (broad SMARTS) is 1. The third-order valence-corrected chi connectivity index (χ3v) is 3.86. The van der Waals surface area contributed by atoms with Crippen LogP contribution in [0.3, 0.4) is 0 Å². The second-order valence-corrected chi connectivity index (χ2v) is 7.53. The zero-order valence-electron chi connectivity index (χ0n) is 16.3. The fourth-order valence-electron chi connectivity index (χ4n) is 2.18. The molecule has 0 aromatic heterocycles. The Bertz CT molecular complexity index is 675. The van der Waals surface area contributed by atoms with Crippen LogP contribution in [0.4, 0.5) is 9.59 Å². The molecule has 0 saturated carbocycles. The van der Waals surface area contributed by atoms with Gasteiger partial charge in [-0.3, -0.25) is 0 Å². The van der Waals surface area contributed by atoms with Gasteiger partial charge in [0.25, 0.3) is 0 Å². The number of benzene rings is 1. The van der Waals surface area contributed by atoms with Crippen LogP contribution in [0.5, 0.6) is 0 Å². The van der Waals surface area contributed by atoms with E-state index in [9.17, 15) is 19.5 Å². The average Bonchev–Trinajstić information content (AvgIpc) is 2.58. The van der Waals surface area contributed by atoms with Gasteiger partial charge in [-0.25, -0.2) is 14.4 Å². The Morgan fingerprint density at radius 3 is 2.43 bits per heavy atom. The first-order valence-electron chi connectivity index (χ1n) is 8.95. The summed E-state index contributed by atoms with van der Waals surface area (Å²) in [6.07, 6.45) is -0.133. The maximum absolute atomic E-state index is 11.7. The van der Waals surface area contributed by atoms with Gasteiger partial charge in [0.2, 0.25) is 0 Å². The summed E-state index contributed by atoms with van der Waals surface area (Å²) in [6.45, 7) is 5.46. The number of unbranched alkanes of at least 4 members (excludes halogenated alkanes) is 1. The van der Waals surface area contributed by atoms with Gasteiger partial charge >= 0.3 is 18.2 Å². The first-order valence-corrected chi connectivity index (χ1v) is 9.32. The quantitative estimate of drug-likeness (QED) is 0.530. The lowest BCUT2D eigenvalue weighted by molar-refractivity contribution is -0.139. The molecule has 28 heavy (non-hydrogen) atoms. The molecule has 1 atom stereocenters. The van der Waals surface area contributed by atoms with Gasteiger partial charge in [0.05, 0.1) is 0 Å². The van der Waals surface area contributed by atoms with Crippen molar-refractivity contribution in [2.45, 2.75) is 58.3 Å². The third-order valence-electron chi connectivity index (χ3n) is 3.49. The number of carbonyl (C=O) groups is 3. The Kier molecular flexibility index (Phi) is 9.58. The maximum atomic E-state index is 11.7. The lowest BCUT2D eigenvalue weighted by atomic mass is 10.1. The molecule has 0 spiro atoms. The summed E-state index contributed by atoms with van der Waals surface area (Å²) in [5.74, 6) is -1.14. The summed E-state index contributed by atoms with van der Waals surface area (Å²) >= 11 is 5.98. The van der Waals surface area contributed by atoms with E-state index in [2.05, 4.69) is 10.6 Å². The van der Waals surface area contributed by atoms with Gasteiger partial charge < -0.3 is 25.2 Å². The predicted molar refractivity (Wildman–Crippen MR) is 104 cm³/mol. The van der Waals surface area contributed by atoms with Crippen LogP contribution in [0.15, 0.2) is 24.3 Å². The van der Waals surface area contributed by atoms with Crippen LogP contribution >= 0.6 is 11.6 Å². The SMILES string of the molecule is CC(C)(C)OC(=O)N[C@H](CCCCNC(=O)OCc1ccccc1Cl)C(=O)O. The van der Waals surface area contributed by atoms with Gasteiger partial charge in [-0.1, -0.05) is 29.8 Å². The molecule has 0 bridgehead atoms. The van der Waals surface area contributed by atoms with Crippen LogP contribution in [0.25, 0.3) is 0 Å². The molecule has 0 unspecified atom stereocenters. The van der Waals surface area contributed by atoms with Crippen LogP contribution in [0.1, 0.15) is 45.6 Å². The standard InChI is InChI=1S/C19H27ClN2O6/c1-19(2,3)28-18(26)22-15(16(23)24)10-6-7-11-21-17(25)27-12-13-8-4-5-9-14(13)20/h4-5,8-9,15H,6-7,10-12H2,1-3H3,(H,21,25)(H,22,26)(H,23,24)/t15-/m1/s1. The number of hydrogen-bond donors (Lipinski definition) is 3. The zero-order chi connectivity index (χ0) is 21.2. The van der Waals surface area contributed by atoms with Crippen molar-refractivity contribution in [1.82, 2.24) is 10.6 Å². The molecule has 0 saturated heterocycles. The number of nitrogens with one attached hydrogen (secondary N) is 2. The van der Waals surface area contributed by atoms with Gasteiger partial charge in [0.15, 0.2) is 0 Å². The largest absolute Gasteiger partial charge is 0.480 e. The molecule has 1 aromatic carbocycles. The van der Waals surface area contributed by atoms with Crippen LogP contribution in [0.2, 0.25) is 5.02 Å². The molecule has 0 heterocycles. The van der Waals surface area contributed by atoms with Crippen molar-refractivity contribution in [3.63, 3.8) is 0 Å². The summed E-state index contributed by atoms with van der Waals surface area (Å²) in [5.41, 5.74) is -0.00155. The van der Waals surface area contributed by atoms with Crippen molar-refractivity contribution in [3.05, 3.63) is 34.9 Å². The highest BCUT2D eigenvalue weighted by molar-refractivity contribution is 6.31. The van der Waals surface area contributed by atoms with Gasteiger partial charge in [0, 0.05) is 17.1 Å². The van der Waals surface area contributed by atoms with E-state index in [1.54, 1.807) is 45.0 Å². The molecule has 1 aromatic rings. The Morgan fingerprint density at radius 2 is 1.82 bits per heavy atom. The highest BCUT2D eigenvalue weighted by Gasteiger charge is 2.23. The summed E-state index contributed by atoms with van der Waals surface area (Å²) in [5, 5.41) is 14.6. The van der Waals surface area contributed by atoms with Gasteiger partial charge in [0.1, 0.15) is 18.2 Å². The van der Waals surface area contributed by atoms with Crippen molar-refractivity contribution < 1.29 is 29.0 Å². The molecule has 0 fully saturated rings. The van der Waals surface area contributed by atoms with E-state index < -0.39 is 29.8 Å². The molecule has 0 aliphatic carbocycles. The topological polar surface area (TPSA) is 114 Å². The second kappa shape index (κ2) is 11.4. The Hall–Kier alpha value is -2.48. The smallest absolute Gasteiger partial charge is 0.408 e. The van der Waals surface area contributed by atoms with E-state index >= 15 is 0 Å². The van der Waals surface area contributed by atoms with E-state index in [4.69, 9.17) is 21.1 Å². The highest BCUT2D eigenvalue weighted by atomic mass is 35.5. The molecule has 0 radical (unpaired) electrons. The van der Waals surface area contributed by atoms with Crippen LogP contribution in [0, 0.1) is 0 Å². The number of amides is 2. The van der Waals surface area contributed by atoms with Crippen molar-refractivity contribution in [3.8, 4) is 0 Å². The number of carbonyl (C=O) groups excluding carboxylic acids is 2. The molecular formula is C19H27ClN2O6. The minimum Gasteiger partial charge on any atom is -0.480 e. The number of hydrogen-bond acceptors (Lipinski definition) is 5. The molecule has 0 aliphatic heterocycles. The lowest BCUT2D eigenvalue weighted by Crippen LogP contribution is -2.43. The molecule has 8 nitrogen and oxygen atoms in total. The molecule has 2 amide bonds. The normalized spacial score (nSPS) is 12.0. The summed E-state index contributed by atoms with van der Waals surface area (Å²) in [7, 11) is 0. The van der Waals surface area contributed by atoms with E-state index in [0.29, 0.717) is 30.0 Å². The molecule has 9 heteroatoms. The molecular weight excluding hydrogens is 388 g/mol. The third kappa shape index (κ3) is 10.0. The summed E-state index contributed by atoms with van der Waals surface area (Å²) < 4.78 is 10.1. The fourth-order valence-corrected chi connectivity index (χ4v) is 2.37. The minimum atomic E-state index is -1.14. The number of ether oxygens (including phenoxy) is 2. The number of rotatable bonds is 9. The number of carboxylic acids is 1. The predicted octanol–water partition coefficient (Wildman–Crippen LogP) is 3.71. The Balaban J connectivity index is 2.24. The summed E-state index contributed by atoms with van der Waals surface area (Å²) in [6, 6.07) is 6.00. The van der Waals surface area contributed by atoms with E-state index in [1.807, 2.05) is 0 Å². The fraction of sp³-hybridized carbons (Fsp3) is 0.526. The first-order chi connectivity index (χ1) is 13.1. The monoisotopic (exact) mass is 414 g/mol. The first kappa shape index (κ1) is 23.6. The number of alkyl carbamates (subject to hydrolysis) is 2. The van der Waals surface area contributed by atoms with E-state index in [1.165, 1.54) is 0 Å². The van der Waals surface area contributed by atoms with Crippen molar-refractivity contribution in [1.29, 1.82) is 0 Å². The van der Waals surface area contributed by atoms with Crippen molar-refractivity contribution in [2.75, 3.05) is 6.54 Å². The van der Waals surface area contributed by atoms with Gasteiger partial charge in [-0.05, 0) is 46.1 Å². The molecule has 3 N–H and O–H groups in total. The van der Waals surface area contributed by atoms with E-state index in [-0.39, 0.29) is 13.0 Å². The Morgan fingerprint density at radius 1 is 1.14 bits per heavy atom. The maximum Gasteiger partial charge on any atom is 0.408 e. The summed E-state index contributed by atoms with van der Waals surface area (Å²) in [4.78, 5) is 34.6. The minimum absolute atomic E-state index is 0.0619. The zero-order valence-corrected chi connectivity index (χ0v) is 17.0. The number of aliphatic carboxylic acids is 1. The van der Waals surface area contributed by atoms with Crippen molar-refractivity contribution >= 4 is 29.8 Å². The highest BCUT2D eigenvalue weighted by Crippen LogP contribution is 2.15.